The molecule has 1 atom stereocenters. The standard InChI is InChI=1S/C23H22N4O4/c1-31-23(30)20-14-16-5-2-3-8-19(16)27(20)22(29)17-6-4-7-18(13-17)25-21(28)9-11-26-12-10-24-15-26/h2-8,10,12-13,15,20H,9,11,14H2,1H3,(H,25,28). The van der Waals surface area contributed by atoms with E-state index in [1.807, 2.05) is 28.8 Å². The number of amides is 2. The van der Waals surface area contributed by atoms with E-state index in [1.54, 1.807) is 43.0 Å². The SMILES string of the molecule is COC(=O)C1Cc2ccccc2N1C(=O)c1cccc(NC(=O)CCn2ccnc2)c1. The van der Waals surface area contributed by atoms with Crippen LogP contribution in [0, 0.1) is 0 Å². The number of anilines is 2. The van der Waals surface area contributed by atoms with Crippen molar-refractivity contribution < 1.29 is 19.1 Å². The fourth-order valence-corrected chi connectivity index (χ4v) is 3.70. The first-order chi connectivity index (χ1) is 15.1. The number of aryl methyl sites for hydroxylation is 1. The molecule has 1 aliphatic rings. The van der Waals surface area contributed by atoms with Crippen LogP contribution in [-0.2, 0) is 27.3 Å². The molecule has 0 spiro atoms. The molecule has 4 rings (SSSR count). The maximum atomic E-state index is 13.4. The van der Waals surface area contributed by atoms with Gasteiger partial charge in [0.15, 0.2) is 0 Å². The molecule has 8 heteroatoms. The normalized spacial score (nSPS) is 14.7. The van der Waals surface area contributed by atoms with Gasteiger partial charge in [-0.2, -0.15) is 0 Å². The fraction of sp³-hybridized carbons (Fsp3) is 0.217. The number of carbonyl (C=O) groups is 3. The first-order valence-electron chi connectivity index (χ1n) is 9.92. The van der Waals surface area contributed by atoms with Crippen molar-refractivity contribution in [1.29, 1.82) is 0 Å². The first kappa shape index (κ1) is 20.3. The second-order valence-electron chi connectivity index (χ2n) is 7.23. The van der Waals surface area contributed by atoms with E-state index < -0.39 is 12.0 Å². The maximum absolute atomic E-state index is 13.4. The Morgan fingerprint density at radius 2 is 2.00 bits per heavy atom. The van der Waals surface area contributed by atoms with Gasteiger partial charge in [-0.05, 0) is 29.8 Å². The highest BCUT2D eigenvalue weighted by Crippen LogP contribution is 2.34. The summed E-state index contributed by atoms with van der Waals surface area (Å²) in [5.74, 6) is -0.958. The van der Waals surface area contributed by atoms with Gasteiger partial charge < -0.3 is 14.6 Å². The van der Waals surface area contributed by atoms with Crippen molar-refractivity contribution in [1.82, 2.24) is 9.55 Å². The molecule has 0 aliphatic carbocycles. The number of methoxy groups -OCH3 is 1. The van der Waals surface area contributed by atoms with Crippen LogP contribution in [0.2, 0.25) is 0 Å². The Kier molecular flexibility index (Phi) is 5.79. The van der Waals surface area contributed by atoms with Gasteiger partial charge in [0.1, 0.15) is 6.04 Å². The monoisotopic (exact) mass is 418 g/mol. The predicted molar refractivity (Wildman–Crippen MR) is 115 cm³/mol. The van der Waals surface area contributed by atoms with E-state index in [0.717, 1.165) is 5.56 Å². The number of aromatic nitrogens is 2. The summed E-state index contributed by atoms with van der Waals surface area (Å²) in [5, 5.41) is 2.82. The molecule has 2 heterocycles. The average molecular weight is 418 g/mol. The minimum Gasteiger partial charge on any atom is -0.467 e. The third-order valence-electron chi connectivity index (χ3n) is 5.22. The molecule has 1 unspecified atom stereocenters. The highest BCUT2D eigenvalue weighted by Gasteiger charge is 2.39. The molecule has 8 nitrogen and oxygen atoms in total. The summed E-state index contributed by atoms with van der Waals surface area (Å²) in [6, 6.07) is 13.4. The Hall–Kier alpha value is -3.94. The van der Waals surface area contributed by atoms with Gasteiger partial charge in [-0.25, -0.2) is 9.78 Å². The van der Waals surface area contributed by atoms with Crippen molar-refractivity contribution in [2.45, 2.75) is 25.4 Å². The van der Waals surface area contributed by atoms with Crippen LogP contribution < -0.4 is 10.2 Å². The summed E-state index contributed by atoms with van der Waals surface area (Å²) in [6.07, 6.45) is 5.78. The molecule has 0 radical (unpaired) electrons. The van der Waals surface area contributed by atoms with Crippen molar-refractivity contribution in [3.63, 3.8) is 0 Å². The zero-order chi connectivity index (χ0) is 21.8. The van der Waals surface area contributed by atoms with Crippen LogP contribution in [0.5, 0.6) is 0 Å². The average Bonchev–Trinajstić information content (AvgIpc) is 3.44. The van der Waals surface area contributed by atoms with Gasteiger partial charge in [-0.3, -0.25) is 14.5 Å². The molecule has 3 aromatic rings. The summed E-state index contributed by atoms with van der Waals surface area (Å²) < 4.78 is 6.74. The third kappa shape index (κ3) is 4.32. The van der Waals surface area contributed by atoms with Gasteiger partial charge in [0.05, 0.1) is 13.4 Å². The van der Waals surface area contributed by atoms with Gasteiger partial charge in [0.25, 0.3) is 5.91 Å². The van der Waals surface area contributed by atoms with Crippen LogP contribution in [0.1, 0.15) is 22.3 Å². The molecule has 0 saturated heterocycles. The Bertz CT molecular complexity index is 1110. The summed E-state index contributed by atoms with van der Waals surface area (Å²) in [5.41, 5.74) is 2.49. The van der Waals surface area contributed by atoms with Gasteiger partial charge in [0, 0.05) is 48.7 Å². The molecular formula is C23H22N4O4. The van der Waals surface area contributed by atoms with Crippen molar-refractivity contribution in [2.24, 2.45) is 0 Å². The van der Waals surface area contributed by atoms with Crippen LogP contribution in [0.3, 0.4) is 0 Å². The van der Waals surface area contributed by atoms with Crippen LogP contribution in [0.4, 0.5) is 11.4 Å². The molecule has 1 N–H and O–H groups in total. The molecule has 0 bridgehead atoms. The zero-order valence-electron chi connectivity index (χ0n) is 17.0. The minimum absolute atomic E-state index is 0.169. The summed E-state index contributed by atoms with van der Waals surface area (Å²) in [4.78, 5) is 43.4. The van der Waals surface area contributed by atoms with Gasteiger partial charge >= 0.3 is 5.97 Å². The number of fused-ring (bicyclic) bond motifs is 1. The Morgan fingerprint density at radius 1 is 1.16 bits per heavy atom. The lowest BCUT2D eigenvalue weighted by molar-refractivity contribution is -0.141. The van der Waals surface area contributed by atoms with Crippen molar-refractivity contribution in [3.8, 4) is 0 Å². The summed E-state index contributed by atoms with van der Waals surface area (Å²) >= 11 is 0. The zero-order valence-corrected chi connectivity index (χ0v) is 17.0. The number of hydrogen-bond acceptors (Lipinski definition) is 5. The molecular weight excluding hydrogens is 396 g/mol. The Labute approximate surface area is 179 Å². The maximum Gasteiger partial charge on any atom is 0.329 e. The number of rotatable bonds is 6. The van der Waals surface area contributed by atoms with Crippen molar-refractivity contribution in [2.75, 3.05) is 17.3 Å². The number of imidazole rings is 1. The van der Waals surface area contributed by atoms with E-state index in [1.165, 1.54) is 12.0 Å². The lowest BCUT2D eigenvalue weighted by Gasteiger charge is -2.24. The van der Waals surface area contributed by atoms with Crippen LogP contribution in [-0.4, -0.2) is 40.5 Å². The molecule has 31 heavy (non-hydrogen) atoms. The predicted octanol–water partition coefficient (Wildman–Crippen LogP) is 2.66. The van der Waals surface area contributed by atoms with E-state index in [9.17, 15) is 14.4 Å². The van der Waals surface area contributed by atoms with E-state index in [0.29, 0.717) is 29.9 Å². The largest absolute Gasteiger partial charge is 0.467 e. The fourth-order valence-electron chi connectivity index (χ4n) is 3.70. The second kappa shape index (κ2) is 8.83. The van der Waals surface area contributed by atoms with Crippen LogP contribution in [0.25, 0.3) is 0 Å². The molecule has 158 valence electrons. The molecule has 1 aliphatic heterocycles. The van der Waals surface area contributed by atoms with Gasteiger partial charge in [-0.15, -0.1) is 0 Å². The molecule has 0 fully saturated rings. The number of ether oxygens (including phenoxy) is 1. The summed E-state index contributed by atoms with van der Waals surface area (Å²) in [7, 11) is 1.31. The van der Waals surface area contributed by atoms with E-state index in [4.69, 9.17) is 4.74 Å². The number of esters is 1. The van der Waals surface area contributed by atoms with Crippen molar-refractivity contribution in [3.05, 3.63) is 78.4 Å². The molecule has 1 aromatic heterocycles. The topological polar surface area (TPSA) is 93.5 Å². The highest BCUT2D eigenvalue weighted by molar-refractivity contribution is 6.11. The first-order valence-corrected chi connectivity index (χ1v) is 9.92. The lowest BCUT2D eigenvalue weighted by atomic mass is 10.1. The minimum atomic E-state index is -0.719. The van der Waals surface area contributed by atoms with E-state index in [-0.39, 0.29) is 18.2 Å². The number of para-hydroxylation sites is 1. The third-order valence-corrected chi connectivity index (χ3v) is 5.22. The smallest absolute Gasteiger partial charge is 0.329 e. The number of benzene rings is 2. The summed E-state index contributed by atoms with van der Waals surface area (Å²) in [6.45, 7) is 0.510. The molecule has 0 saturated carbocycles. The second-order valence-corrected chi connectivity index (χ2v) is 7.23. The van der Waals surface area contributed by atoms with E-state index in [2.05, 4.69) is 10.3 Å². The van der Waals surface area contributed by atoms with E-state index >= 15 is 0 Å². The number of nitrogens with one attached hydrogen (secondary N) is 1. The molecule has 2 aromatic carbocycles. The lowest BCUT2D eigenvalue weighted by Crippen LogP contribution is -2.43. The van der Waals surface area contributed by atoms with Crippen molar-refractivity contribution >= 4 is 29.2 Å². The number of carbonyl (C=O) groups excluding carboxylic acids is 3. The number of nitrogens with zero attached hydrogens (tertiary/aromatic N) is 3. The van der Waals surface area contributed by atoms with Gasteiger partial charge in [0.2, 0.25) is 5.91 Å². The number of hydrogen-bond donors (Lipinski definition) is 1. The van der Waals surface area contributed by atoms with Crippen LogP contribution in [0.15, 0.2) is 67.3 Å². The quantitative estimate of drug-likeness (QED) is 0.621. The van der Waals surface area contributed by atoms with Gasteiger partial charge in [-0.1, -0.05) is 24.3 Å². The molecule has 2 amide bonds. The van der Waals surface area contributed by atoms with Crippen LogP contribution >= 0.6 is 0 Å². The Morgan fingerprint density at radius 3 is 2.77 bits per heavy atom. The Balaban J connectivity index is 1.51. The highest BCUT2D eigenvalue weighted by atomic mass is 16.5.